The van der Waals surface area contributed by atoms with Gasteiger partial charge < -0.3 is 85.1 Å². The maximum atomic E-state index is 13.6. The molecule has 0 aliphatic heterocycles. The Morgan fingerprint density at radius 3 is 1.25 bits per heavy atom. The molecule has 9 amide bonds. The number of aliphatic hydroxyl groups is 5. The van der Waals surface area contributed by atoms with E-state index in [0.717, 1.165) is 27.7 Å². The monoisotopic (exact) mass is 856 g/mol. The molecule has 12 atom stereocenters. The quantitative estimate of drug-likeness (QED) is 0.0459. The number of phenols is 1. The first-order chi connectivity index (χ1) is 27.8. The second kappa shape index (κ2) is 24.2. The summed E-state index contributed by atoms with van der Waals surface area (Å²) in [5.74, 6) is -10.6. The van der Waals surface area contributed by atoms with Crippen LogP contribution >= 0.6 is 0 Å². The molecule has 0 aromatic heterocycles. The van der Waals surface area contributed by atoms with E-state index < -0.39 is 139 Å². The second-order valence-electron chi connectivity index (χ2n) is 14.0. The van der Waals surface area contributed by atoms with Gasteiger partial charge in [-0.15, -0.1) is 0 Å². The van der Waals surface area contributed by atoms with Crippen molar-refractivity contribution in [3.63, 3.8) is 0 Å². The number of benzene rings is 1. The van der Waals surface area contributed by atoms with Gasteiger partial charge in [-0.2, -0.15) is 0 Å². The average Bonchev–Trinajstić information content (AvgIpc) is 3.14. The topological polar surface area (TPSA) is 437 Å². The predicted octanol–water partition coefficient (Wildman–Crippen LogP) is -8.45. The van der Waals surface area contributed by atoms with Crippen molar-refractivity contribution < 1.29 is 73.8 Å². The number of aromatic hydroxyl groups is 1. The lowest BCUT2D eigenvalue weighted by Gasteiger charge is -2.29. The summed E-state index contributed by atoms with van der Waals surface area (Å²) in [7, 11) is 0. The molecule has 25 nitrogen and oxygen atoms in total. The van der Waals surface area contributed by atoms with Gasteiger partial charge in [-0.25, -0.2) is 0 Å². The van der Waals surface area contributed by atoms with Crippen LogP contribution in [0.5, 0.6) is 5.75 Å². The van der Waals surface area contributed by atoms with E-state index in [2.05, 4.69) is 37.2 Å². The summed E-state index contributed by atoms with van der Waals surface area (Å²) in [5.41, 5.74) is 16.4. The number of phenolic OH excluding ortho intramolecular Hbond substituents is 1. The van der Waals surface area contributed by atoms with E-state index in [0.29, 0.717) is 5.56 Å². The SMILES string of the molecule is CC(O)[C@H](NC(=O)[C@H](Cc1ccc(O)cc1)NC(=O)[C@H](CC(N)=O)NC(=O)[C@@H](NC(=O)[C@@H](NC(=O)[C@@H](NC(=O)[C@H](CO)NC(=O)[C@@H](C)N)C(C)O)C(C)O)C(C)O)C(N)=O. The zero-order valence-electron chi connectivity index (χ0n) is 33.4. The van der Waals surface area contributed by atoms with E-state index in [-0.39, 0.29) is 12.2 Å². The highest BCUT2D eigenvalue weighted by Gasteiger charge is 2.38. The Morgan fingerprint density at radius 1 is 0.517 bits per heavy atom. The number of hydrogen-bond donors (Lipinski definition) is 16. The highest BCUT2D eigenvalue weighted by molar-refractivity contribution is 5.99. The summed E-state index contributed by atoms with van der Waals surface area (Å²) in [6, 6.07) is -8.26. The molecule has 60 heavy (non-hydrogen) atoms. The van der Waals surface area contributed by atoms with Crippen molar-refractivity contribution in [2.24, 2.45) is 17.2 Å². The number of hydrogen-bond acceptors (Lipinski definition) is 16. The molecule has 1 aromatic carbocycles. The maximum absolute atomic E-state index is 13.6. The fourth-order valence-electron chi connectivity index (χ4n) is 5.16. The van der Waals surface area contributed by atoms with Gasteiger partial charge in [0.25, 0.3) is 0 Å². The minimum atomic E-state index is -1.98. The normalized spacial score (nSPS) is 17.1. The molecular formula is C35H56N10O15. The lowest BCUT2D eigenvalue weighted by molar-refractivity contribution is -0.139. The van der Waals surface area contributed by atoms with Crippen LogP contribution in [0.4, 0.5) is 0 Å². The van der Waals surface area contributed by atoms with Gasteiger partial charge in [0.05, 0.1) is 43.5 Å². The Bertz CT molecular complexity index is 1690. The van der Waals surface area contributed by atoms with Gasteiger partial charge >= 0.3 is 0 Å². The Labute approximate surface area is 343 Å². The number of aliphatic hydroxyl groups excluding tert-OH is 5. The number of amides is 9. The molecule has 0 saturated carbocycles. The first kappa shape index (κ1) is 52.0. The fourth-order valence-corrected chi connectivity index (χ4v) is 5.16. The van der Waals surface area contributed by atoms with Crippen LogP contribution in [-0.4, -0.2) is 163 Å². The molecule has 0 aliphatic rings. The summed E-state index contributed by atoms with van der Waals surface area (Å²) in [6.45, 7) is 4.64. The lowest BCUT2D eigenvalue weighted by Crippen LogP contribution is -2.64. The van der Waals surface area contributed by atoms with Crippen molar-refractivity contribution >= 4 is 53.2 Å². The van der Waals surface area contributed by atoms with Crippen LogP contribution in [0.2, 0.25) is 0 Å². The van der Waals surface area contributed by atoms with E-state index >= 15 is 0 Å². The molecule has 0 fully saturated rings. The zero-order valence-corrected chi connectivity index (χ0v) is 33.4. The zero-order chi connectivity index (χ0) is 46.2. The average molecular weight is 857 g/mol. The molecule has 1 rings (SSSR count). The van der Waals surface area contributed by atoms with Crippen LogP contribution in [-0.2, 0) is 49.6 Å². The summed E-state index contributed by atoms with van der Waals surface area (Å²) < 4.78 is 0. The predicted molar refractivity (Wildman–Crippen MR) is 206 cm³/mol. The van der Waals surface area contributed by atoms with E-state index in [1.54, 1.807) is 0 Å². The van der Waals surface area contributed by atoms with Gasteiger partial charge in [-0.3, -0.25) is 43.2 Å². The minimum Gasteiger partial charge on any atom is -0.508 e. The van der Waals surface area contributed by atoms with Gasteiger partial charge in [-0.05, 0) is 52.3 Å². The molecule has 0 saturated heterocycles. The number of rotatable bonds is 24. The third-order valence-electron chi connectivity index (χ3n) is 8.55. The fraction of sp³-hybridized carbons (Fsp3) is 0.571. The first-order valence-corrected chi connectivity index (χ1v) is 18.4. The van der Waals surface area contributed by atoms with Crippen molar-refractivity contribution in [2.75, 3.05) is 6.61 Å². The number of primary amides is 2. The van der Waals surface area contributed by atoms with Crippen LogP contribution in [0, 0.1) is 0 Å². The van der Waals surface area contributed by atoms with E-state index in [1.165, 1.54) is 31.2 Å². The summed E-state index contributed by atoms with van der Waals surface area (Å²) in [4.78, 5) is 116. The second-order valence-corrected chi connectivity index (χ2v) is 14.0. The van der Waals surface area contributed by atoms with Gasteiger partial charge in [-0.1, -0.05) is 12.1 Å². The van der Waals surface area contributed by atoms with Crippen molar-refractivity contribution in [3.8, 4) is 5.75 Å². The van der Waals surface area contributed by atoms with Gasteiger partial charge in [0, 0.05) is 6.42 Å². The molecule has 4 unspecified atom stereocenters. The van der Waals surface area contributed by atoms with Gasteiger partial charge in [0.1, 0.15) is 48.0 Å². The number of nitrogens with one attached hydrogen (secondary N) is 7. The number of carbonyl (C=O) groups excluding carboxylic acids is 9. The highest BCUT2D eigenvalue weighted by atomic mass is 16.3. The van der Waals surface area contributed by atoms with Crippen LogP contribution < -0.4 is 54.4 Å². The Hall–Kier alpha value is -5.99. The molecule has 0 radical (unpaired) electrons. The standard InChI is InChI=1S/C35H56N10O15/c1-13(36)29(54)41-22(12-46)32(57)43-26(16(4)49)34(59)45-27(17(5)50)35(60)44-25(15(3)48)33(58)40-21(11-23(37)52)30(55)39-20(10-18-6-8-19(51)9-7-18)31(56)42-24(14(2)47)28(38)53/h6-9,13-17,20-22,24-27,46-51H,10-12,36H2,1-5H3,(H2,37,52)(H2,38,53)(H,39,55)(H,40,58)(H,41,54)(H,42,56)(H,43,57)(H,44,60)(H,45,59)/t13-,14?,15?,16?,17?,20+,21+,22+,24+,25+,26+,27+/m1/s1. The van der Waals surface area contributed by atoms with Crippen LogP contribution in [0.15, 0.2) is 24.3 Å². The molecule has 0 heterocycles. The Balaban J connectivity index is 3.33. The molecular weight excluding hydrogens is 800 g/mol. The number of nitrogens with two attached hydrogens (primary N) is 3. The first-order valence-electron chi connectivity index (χ1n) is 18.4. The largest absolute Gasteiger partial charge is 0.508 e. The van der Waals surface area contributed by atoms with Crippen molar-refractivity contribution in [1.82, 2.24) is 37.2 Å². The molecule has 19 N–H and O–H groups in total. The Morgan fingerprint density at radius 2 is 0.867 bits per heavy atom. The summed E-state index contributed by atoms with van der Waals surface area (Å²) in [5, 5.41) is 75.4. The van der Waals surface area contributed by atoms with Crippen LogP contribution in [0.1, 0.15) is 46.6 Å². The molecule has 1 aromatic rings. The van der Waals surface area contributed by atoms with Gasteiger partial charge in [0.2, 0.25) is 53.2 Å². The lowest BCUT2D eigenvalue weighted by atomic mass is 10.0. The van der Waals surface area contributed by atoms with E-state index in [4.69, 9.17) is 17.2 Å². The molecule has 25 heteroatoms. The van der Waals surface area contributed by atoms with Crippen molar-refractivity contribution in [1.29, 1.82) is 0 Å². The van der Waals surface area contributed by atoms with Crippen molar-refractivity contribution in [3.05, 3.63) is 29.8 Å². The molecule has 0 bridgehead atoms. The smallest absolute Gasteiger partial charge is 0.245 e. The van der Waals surface area contributed by atoms with Crippen LogP contribution in [0.3, 0.4) is 0 Å². The van der Waals surface area contributed by atoms with Crippen LogP contribution in [0.25, 0.3) is 0 Å². The van der Waals surface area contributed by atoms with E-state index in [1.807, 2.05) is 0 Å². The number of carbonyl (C=O) groups is 9. The van der Waals surface area contributed by atoms with Crippen molar-refractivity contribution in [2.45, 2.75) is 120 Å². The maximum Gasteiger partial charge on any atom is 0.245 e. The van der Waals surface area contributed by atoms with E-state index in [9.17, 15) is 73.8 Å². The summed E-state index contributed by atoms with van der Waals surface area (Å²) >= 11 is 0. The summed E-state index contributed by atoms with van der Waals surface area (Å²) in [6.07, 6.45) is -7.89. The highest BCUT2D eigenvalue weighted by Crippen LogP contribution is 2.12. The molecule has 0 spiro atoms. The van der Waals surface area contributed by atoms with Gasteiger partial charge in [0.15, 0.2) is 0 Å². The third kappa shape index (κ3) is 16.7. The molecule has 0 aliphatic carbocycles. The molecule has 336 valence electrons. The minimum absolute atomic E-state index is 0.135. The Kier molecular flexibility index (Phi) is 21.0. The third-order valence-corrected chi connectivity index (χ3v) is 8.55.